The van der Waals surface area contributed by atoms with E-state index in [1.165, 1.54) is 17.7 Å². The van der Waals surface area contributed by atoms with Crippen LogP contribution < -0.4 is 9.64 Å². The van der Waals surface area contributed by atoms with E-state index in [9.17, 15) is 9.18 Å². The van der Waals surface area contributed by atoms with Crippen LogP contribution in [0.3, 0.4) is 0 Å². The van der Waals surface area contributed by atoms with E-state index in [0.29, 0.717) is 24.0 Å². The van der Waals surface area contributed by atoms with Crippen LogP contribution in [-0.4, -0.2) is 47.6 Å². The molecule has 6 nitrogen and oxygen atoms in total. The second kappa shape index (κ2) is 12.0. The van der Waals surface area contributed by atoms with Crippen molar-refractivity contribution < 1.29 is 18.7 Å². The topological polar surface area (TPSA) is 54.9 Å². The molecule has 1 aromatic heterocycles. The molecule has 0 bridgehead atoms. The molecule has 1 unspecified atom stereocenters. The van der Waals surface area contributed by atoms with Crippen LogP contribution in [0.5, 0.6) is 5.75 Å². The summed E-state index contributed by atoms with van der Waals surface area (Å²) in [6, 6.07) is 18.4. The van der Waals surface area contributed by atoms with Crippen LogP contribution in [0, 0.1) is 5.82 Å². The van der Waals surface area contributed by atoms with Crippen molar-refractivity contribution in [1.82, 2.24) is 9.88 Å². The lowest BCUT2D eigenvalue weighted by molar-refractivity contribution is 0.0378. The van der Waals surface area contributed by atoms with E-state index < -0.39 is 0 Å². The van der Waals surface area contributed by atoms with Crippen LogP contribution in [-0.2, 0) is 17.9 Å². The summed E-state index contributed by atoms with van der Waals surface area (Å²) in [6.07, 6.45) is 2.56. The number of carbonyl (C=O) groups is 1. The number of benzene rings is 2. The van der Waals surface area contributed by atoms with Crippen molar-refractivity contribution in [3.63, 3.8) is 0 Å². The number of anilines is 1. The van der Waals surface area contributed by atoms with Gasteiger partial charge in [0, 0.05) is 31.9 Å². The highest BCUT2D eigenvalue weighted by Crippen LogP contribution is 2.26. The molecule has 1 saturated heterocycles. The molecule has 1 atom stereocenters. The predicted octanol–water partition coefficient (Wildman–Crippen LogP) is 5.47. The molecule has 2 aromatic carbocycles. The second-order valence-electron chi connectivity index (χ2n) is 9.34. The quantitative estimate of drug-likeness (QED) is 0.351. The van der Waals surface area contributed by atoms with Crippen molar-refractivity contribution in [3.8, 4) is 5.75 Å². The van der Waals surface area contributed by atoms with E-state index in [1.54, 1.807) is 30.5 Å². The van der Waals surface area contributed by atoms with Gasteiger partial charge >= 0.3 is 5.97 Å². The summed E-state index contributed by atoms with van der Waals surface area (Å²) >= 11 is 0. The molecule has 0 amide bonds. The first kappa shape index (κ1) is 25.6. The average molecular weight is 492 g/mol. The van der Waals surface area contributed by atoms with Gasteiger partial charge in [0.2, 0.25) is 0 Å². The van der Waals surface area contributed by atoms with E-state index in [2.05, 4.69) is 33.8 Å². The summed E-state index contributed by atoms with van der Waals surface area (Å²) in [6.45, 7) is 9.69. The van der Waals surface area contributed by atoms with E-state index in [1.807, 2.05) is 26.0 Å². The first-order chi connectivity index (χ1) is 17.4. The highest BCUT2D eigenvalue weighted by Gasteiger charge is 2.30. The molecule has 0 radical (unpaired) electrons. The van der Waals surface area contributed by atoms with Crippen molar-refractivity contribution in [1.29, 1.82) is 0 Å². The third-order valence-corrected chi connectivity index (χ3v) is 6.36. The number of ether oxygens (including phenoxy) is 2. The fourth-order valence-corrected chi connectivity index (χ4v) is 4.49. The van der Waals surface area contributed by atoms with Crippen LogP contribution >= 0.6 is 0 Å². The SMILES string of the molecule is CCN(Cc1ccc(OCc2ccc(F)cc2)cc1)C1CCN(c2ncccc2C(=O)OC(C)C)C1. The lowest BCUT2D eigenvalue weighted by atomic mass is 10.1. The maximum absolute atomic E-state index is 13.1. The van der Waals surface area contributed by atoms with Crippen LogP contribution in [0.25, 0.3) is 0 Å². The Morgan fingerprint density at radius 2 is 1.83 bits per heavy atom. The van der Waals surface area contributed by atoms with Gasteiger partial charge in [0.05, 0.1) is 6.10 Å². The first-order valence-electron chi connectivity index (χ1n) is 12.5. The number of esters is 1. The van der Waals surface area contributed by atoms with E-state index >= 15 is 0 Å². The molecule has 0 N–H and O–H groups in total. The fraction of sp³-hybridized carbons (Fsp3) is 0.379. The summed E-state index contributed by atoms with van der Waals surface area (Å²) in [5.74, 6) is 0.909. The van der Waals surface area contributed by atoms with Gasteiger partial charge in [-0.2, -0.15) is 0 Å². The van der Waals surface area contributed by atoms with E-state index in [0.717, 1.165) is 43.9 Å². The van der Waals surface area contributed by atoms with Gasteiger partial charge in [-0.1, -0.05) is 31.2 Å². The Bertz CT molecular complexity index is 1140. The minimum Gasteiger partial charge on any atom is -0.489 e. The molecule has 3 aromatic rings. The Morgan fingerprint density at radius 3 is 2.53 bits per heavy atom. The molecule has 4 rings (SSSR count). The third-order valence-electron chi connectivity index (χ3n) is 6.36. The minimum absolute atomic E-state index is 0.174. The normalized spacial score (nSPS) is 15.5. The predicted molar refractivity (Wildman–Crippen MR) is 139 cm³/mol. The standard InChI is InChI=1S/C29H34FN3O3/c1-4-32(18-22-9-13-26(14-10-22)35-20-23-7-11-24(30)12-8-23)25-15-17-33(19-25)28-27(6-5-16-31-28)29(34)36-21(2)3/h5-14,16,21,25H,4,15,17-20H2,1-3H3. The second-order valence-corrected chi connectivity index (χ2v) is 9.34. The fourth-order valence-electron chi connectivity index (χ4n) is 4.49. The van der Waals surface area contributed by atoms with Gasteiger partial charge < -0.3 is 14.4 Å². The molecule has 190 valence electrons. The van der Waals surface area contributed by atoms with Gasteiger partial charge in [-0.25, -0.2) is 14.2 Å². The highest BCUT2D eigenvalue weighted by molar-refractivity contribution is 5.94. The van der Waals surface area contributed by atoms with Gasteiger partial charge in [0.1, 0.15) is 29.6 Å². The molecule has 0 saturated carbocycles. The zero-order valence-corrected chi connectivity index (χ0v) is 21.2. The largest absolute Gasteiger partial charge is 0.489 e. The molecule has 2 heterocycles. The number of hydrogen-bond donors (Lipinski definition) is 0. The molecule has 36 heavy (non-hydrogen) atoms. The number of pyridine rings is 1. The Kier molecular flexibility index (Phi) is 8.54. The minimum atomic E-state index is -0.328. The summed E-state index contributed by atoms with van der Waals surface area (Å²) in [5.41, 5.74) is 2.66. The maximum atomic E-state index is 13.1. The van der Waals surface area contributed by atoms with E-state index in [4.69, 9.17) is 9.47 Å². The molecule has 0 spiro atoms. The van der Waals surface area contributed by atoms with Gasteiger partial charge in [0.25, 0.3) is 0 Å². The average Bonchev–Trinajstić information content (AvgIpc) is 3.37. The molecule has 1 aliphatic heterocycles. The van der Waals surface area contributed by atoms with Crippen molar-refractivity contribution in [2.24, 2.45) is 0 Å². The summed E-state index contributed by atoms with van der Waals surface area (Å²) in [4.78, 5) is 21.8. The number of halogens is 1. The zero-order chi connectivity index (χ0) is 25.5. The smallest absolute Gasteiger partial charge is 0.342 e. The zero-order valence-electron chi connectivity index (χ0n) is 21.2. The Morgan fingerprint density at radius 1 is 1.11 bits per heavy atom. The highest BCUT2D eigenvalue weighted by atomic mass is 19.1. The number of carbonyl (C=O) groups excluding carboxylic acids is 1. The van der Waals surface area contributed by atoms with Crippen molar-refractivity contribution >= 4 is 11.8 Å². The maximum Gasteiger partial charge on any atom is 0.342 e. The number of likely N-dealkylation sites (N-methyl/N-ethyl adjacent to an activating group) is 1. The summed E-state index contributed by atoms with van der Waals surface area (Å²) in [5, 5.41) is 0. The van der Waals surface area contributed by atoms with Gasteiger partial charge in [-0.05, 0) is 74.3 Å². The molecular weight excluding hydrogens is 457 g/mol. The molecule has 1 fully saturated rings. The summed E-state index contributed by atoms with van der Waals surface area (Å²) < 4.78 is 24.3. The lowest BCUT2D eigenvalue weighted by Crippen LogP contribution is -2.37. The molecule has 7 heteroatoms. The Labute approximate surface area is 212 Å². The van der Waals surface area contributed by atoms with Crippen molar-refractivity contribution in [3.05, 3.63) is 89.4 Å². The van der Waals surface area contributed by atoms with Crippen LogP contribution in [0.4, 0.5) is 10.2 Å². The molecule has 1 aliphatic rings. The van der Waals surface area contributed by atoms with Gasteiger partial charge in [0.15, 0.2) is 0 Å². The Hall–Kier alpha value is -3.45. The summed E-state index contributed by atoms with van der Waals surface area (Å²) in [7, 11) is 0. The first-order valence-corrected chi connectivity index (χ1v) is 12.5. The number of rotatable bonds is 10. The lowest BCUT2D eigenvalue weighted by Gasteiger charge is -2.28. The van der Waals surface area contributed by atoms with Gasteiger partial charge in [-0.15, -0.1) is 0 Å². The van der Waals surface area contributed by atoms with Crippen LogP contribution in [0.15, 0.2) is 66.9 Å². The number of nitrogens with zero attached hydrogens (tertiary/aromatic N) is 3. The molecule has 0 aliphatic carbocycles. The van der Waals surface area contributed by atoms with Crippen LogP contribution in [0.2, 0.25) is 0 Å². The number of hydrogen-bond acceptors (Lipinski definition) is 6. The van der Waals surface area contributed by atoms with Crippen molar-refractivity contribution in [2.75, 3.05) is 24.5 Å². The van der Waals surface area contributed by atoms with Crippen molar-refractivity contribution in [2.45, 2.75) is 52.5 Å². The van der Waals surface area contributed by atoms with E-state index in [-0.39, 0.29) is 17.9 Å². The Balaban J connectivity index is 1.35. The molecular formula is C29H34FN3O3. The third kappa shape index (κ3) is 6.61. The number of aromatic nitrogens is 1. The van der Waals surface area contributed by atoms with Gasteiger partial charge in [-0.3, -0.25) is 4.90 Å². The monoisotopic (exact) mass is 491 g/mol. The van der Waals surface area contributed by atoms with Crippen LogP contribution in [0.1, 0.15) is 48.7 Å².